The van der Waals surface area contributed by atoms with E-state index in [4.69, 9.17) is 14.2 Å². The van der Waals surface area contributed by atoms with Gasteiger partial charge in [-0.3, -0.25) is 14.6 Å². The molecule has 0 bridgehead atoms. The number of carbonyl (C=O) groups excluding carboxylic acids is 3. The Bertz CT molecular complexity index is 707. The smallest absolute Gasteiger partial charge is 0.338 e. The number of ether oxygens (including phenoxy) is 3. The van der Waals surface area contributed by atoms with E-state index in [1.807, 2.05) is 44.5 Å². The Morgan fingerprint density at radius 3 is 2.03 bits per heavy atom. The highest BCUT2D eigenvalue weighted by molar-refractivity contribution is 5.89. The van der Waals surface area contributed by atoms with Crippen molar-refractivity contribution in [1.29, 1.82) is 0 Å². The standard InChI is InChI=1S/C22H37N3O6/c1-9-30-21(27)17-16-11-15(20(26)29-8)12-23(7)18(16)25(14(5)6)19(22(28)31-10-2)24(17)13(3)4/h12-14,16-19H,9-11H2,1-8H3/t16-,17+,18-,19+/m0/s1. The molecule has 2 aliphatic heterocycles. The fourth-order valence-electron chi connectivity index (χ4n) is 4.86. The van der Waals surface area contributed by atoms with E-state index in [1.165, 1.54) is 7.11 Å². The van der Waals surface area contributed by atoms with Gasteiger partial charge in [0.05, 0.1) is 32.1 Å². The summed E-state index contributed by atoms with van der Waals surface area (Å²) in [6.45, 7) is 11.9. The molecule has 0 unspecified atom stereocenters. The van der Waals surface area contributed by atoms with Gasteiger partial charge >= 0.3 is 17.9 Å². The summed E-state index contributed by atoms with van der Waals surface area (Å²) in [7, 11) is 3.20. The molecule has 0 aromatic carbocycles. The summed E-state index contributed by atoms with van der Waals surface area (Å²) in [4.78, 5) is 44.6. The van der Waals surface area contributed by atoms with E-state index in [0.717, 1.165) is 0 Å². The fourth-order valence-corrected chi connectivity index (χ4v) is 4.86. The number of hydrogen-bond donors (Lipinski definition) is 0. The monoisotopic (exact) mass is 439 g/mol. The molecule has 0 radical (unpaired) electrons. The lowest BCUT2D eigenvalue weighted by Gasteiger charge is -2.59. The second-order valence-corrected chi connectivity index (χ2v) is 8.50. The van der Waals surface area contributed by atoms with Gasteiger partial charge in [-0.1, -0.05) is 0 Å². The van der Waals surface area contributed by atoms with Gasteiger partial charge in [-0.05, 0) is 48.0 Å². The SMILES string of the molecule is CCOC(=O)[C@@H]1N(C(C)C)[C@@H](C(=O)OCC)[C@@H]2CC(C(=O)OC)=CN(C)[C@H]2N1C(C)C. The van der Waals surface area contributed by atoms with Gasteiger partial charge in [0, 0.05) is 31.2 Å². The molecule has 0 aromatic rings. The van der Waals surface area contributed by atoms with Gasteiger partial charge in [0.2, 0.25) is 0 Å². The Balaban J connectivity index is 2.69. The third kappa shape index (κ3) is 4.87. The lowest BCUT2D eigenvalue weighted by molar-refractivity contribution is -0.204. The first-order chi connectivity index (χ1) is 14.6. The number of nitrogens with zero attached hydrogens (tertiary/aromatic N) is 3. The number of methoxy groups -OCH3 is 1. The minimum Gasteiger partial charge on any atom is -0.466 e. The second-order valence-electron chi connectivity index (χ2n) is 8.50. The topological polar surface area (TPSA) is 88.6 Å². The molecule has 31 heavy (non-hydrogen) atoms. The van der Waals surface area contributed by atoms with Crippen LogP contribution in [0.3, 0.4) is 0 Å². The highest BCUT2D eigenvalue weighted by Gasteiger charge is 2.57. The number of hydrogen-bond acceptors (Lipinski definition) is 9. The van der Waals surface area contributed by atoms with E-state index in [1.54, 1.807) is 20.0 Å². The molecular formula is C22H37N3O6. The molecule has 0 spiro atoms. The Morgan fingerprint density at radius 2 is 1.55 bits per heavy atom. The fraction of sp³-hybridized carbons (Fsp3) is 0.773. The summed E-state index contributed by atoms with van der Waals surface area (Å²) in [5.74, 6) is -1.52. The van der Waals surface area contributed by atoms with E-state index in [-0.39, 0.29) is 37.4 Å². The predicted molar refractivity (Wildman–Crippen MR) is 115 cm³/mol. The minimum absolute atomic E-state index is 0.0261. The van der Waals surface area contributed by atoms with Crippen molar-refractivity contribution in [1.82, 2.24) is 14.7 Å². The van der Waals surface area contributed by atoms with Crippen LogP contribution in [0.15, 0.2) is 11.8 Å². The Kier molecular flexibility index (Phi) is 8.48. The van der Waals surface area contributed by atoms with Crippen molar-refractivity contribution >= 4 is 17.9 Å². The molecule has 2 heterocycles. The van der Waals surface area contributed by atoms with Crippen LogP contribution in [0, 0.1) is 5.92 Å². The van der Waals surface area contributed by atoms with Crippen molar-refractivity contribution in [2.24, 2.45) is 5.92 Å². The molecule has 0 N–H and O–H groups in total. The first-order valence-electron chi connectivity index (χ1n) is 11.0. The molecule has 4 atom stereocenters. The van der Waals surface area contributed by atoms with Crippen molar-refractivity contribution in [3.63, 3.8) is 0 Å². The third-order valence-electron chi connectivity index (χ3n) is 5.88. The van der Waals surface area contributed by atoms with Gasteiger partial charge in [0.15, 0.2) is 6.17 Å². The van der Waals surface area contributed by atoms with E-state index in [0.29, 0.717) is 12.0 Å². The summed E-state index contributed by atoms with van der Waals surface area (Å²) < 4.78 is 15.8. The zero-order valence-corrected chi connectivity index (χ0v) is 20.0. The second kappa shape index (κ2) is 10.5. The maximum absolute atomic E-state index is 13.2. The van der Waals surface area contributed by atoms with Gasteiger partial charge in [-0.25, -0.2) is 9.59 Å². The molecular weight excluding hydrogens is 402 g/mol. The summed E-state index contributed by atoms with van der Waals surface area (Å²) in [6.07, 6.45) is 1.03. The Morgan fingerprint density at radius 1 is 1.00 bits per heavy atom. The zero-order chi connectivity index (χ0) is 23.5. The number of esters is 3. The first kappa shape index (κ1) is 25.1. The molecule has 2 aliphatic rings. The normalized spacial score (nSPS) is 27.0. The van der Waals surface area contributed by atoms with E-state index < -0.39 is 30.1 Å². The summed E-state index contributed by atoms with van der Waals surface area (Å²) in [5.41, 5.74) is 0.488. The van der Waals surface area contributed by atoms with Crippen LogP contribution in [0.5, 0.6) is 0 Å². The molecule has 0 aromatic heterocycles. The summed E-state index contributed by atoms with van der Waals surface area (Å²) >= 11 is 0. The Hall–Kier alpha value is -2.13. The Labute approximate surface area is 185 Å². The van der Waals surface area contributed by atoms with E-state index in [9.17, 15) is 14.4 Å². The number of rotatable bonds is 7. The molecule has 1 fully saturated rings. The zero-order valence-electron chi connectivity index (χ0n) is 20.0. The predicted octanol–water partition coefficient (Wildman–Crippen LogP) is 1.58. The van der Waals surface area contributed by atoms with Gasteiger partial charge in [0.25, 0.3) is 0 Å². The van der Waals surface area contributed by atoms with Crippen LogP contribution in [-0.4, -0.2) is 90.4 Å². The molecule has 0 aliphatic carbocycles. The third-order valence-corrected chi connectivity index (χ3v) is 5.88. The van der Waals surface area contributed by atoms with Crippen molar-refractivity contribution in [3.05, 3.63) is 11.8 Å². The van der Waals surface area contributed by atoms with Crippen LogP contribution >= 0.6 is 0 Å². The highest BCUT2D eigenvalue weighted by atomic mass is 16.5. The maximum Gasteiger partial charge on any atom is 0.338 e. The van der Waals surface area contributed by atoms with Crippen LogP contribution in [0.25, 0.3) is 0 Å². The van der Waals surface area contributed by atoms with Gasteiger partial charge < -0.3 is 19.1 Å². The van der Waals surface area contributed by atoms with Crippen LogP contribution in [0.2, 0.25) is 0 Å². The van der Waals surface area contributed by atoms with Gasteiger partial charge in [0.1, 0.15) is 6.04 Å². The molecule has 0 saturated carbocycles. The molecule has 2 rings (SSSR count). The van der Waals surface area contributed by atoms with E-state index in [2.05, 4.69) is 4.90 Å². The van der Waals surface area contributed by atoms with Crippen molar-refractivity contribution in [2.45, 2.75) is 78.4 Å². The quantitative estimate of drug-likeness (QED) is 0.433. The molecule has 176 valence electrons. The molecule has 9 nitrogen and oxygen atoms in total. The van der Waals surface area contributed by atoms with Crippen LogP contribution in [0.4, 0.5) is 0 Å². The molecule has 9 heteroatoms. The minimum atomic E-state index is -0.758. The van der Waals surface area contributed by atoms with Crippen LogP contribution in [0.1, 0.15) is 48.0 Å². The summed E-state index contributed by atoms with van der Waals surface area (Å²) in [5, 5.41) is 0. The molecule has 1 saturated heterocycles. The van der Waals surface area contributed by atoms with Crippen molar-refractivity contribution in [3.8, 4) is 0 Å². The van der Waals surface area contributed by atoms with Crippen LogP contribution < -0.4 is 0 Å². The lowest BCUT2D eigenvalue weighted by Crippen LogP contribution is -2.76. The lowest BCUT2D eigenvalue weighted by atomic mass is 9.80. The van der Waals surface area contributed by atoms with Gasteiger partial charge in [-0.15, -0.1) is 0 Å². The van der Waals surface area contributed by atoms with Crippen molar-refractivity contribution in [2.75, 3.05) is 27.4 Å². The average Bonchev–Trinajstić information content (AvgIpc) is 2.71. The van der Waals surface area contributed by atoms with Crippen molar-refractivity contribution < 1.29 is 28.6 Å². The number of fused-ring (bicyclic) bond motifs is 1. The number of carbonyl (C=O) groups is 3. The van der Waals surface area contributed by atoms with E-state index >= 15 is 0 Å². The van der Waals surface area contributed by atoms with Gasteiger partial charge in [-0.2, -0.15) is 0 Å². The first-order valence-corrected chi connectivity index (χ1v) is 11.0. The summed E-state index contributed by atoms with van der Waals surface area (Å²) in [6, 6.07) is -0.893. The highest BCUT2D eigenvalue weighted by Crippen LogP contribution is 2.41. The maximum atomic E-state index is 13.2. The molecule has 0 amide bonds. The largest absolute Gasteiger partial charge is 0.466 e. The van der Waals surface area contributed by atoms with Crippen LogP contribution in [-0.2, 0) is 28.6 Å². The average molecular weight is 440 g/mol.